The number of anilines is 1. The third kappa shape index (κ3) is 3.28. The van der Waals surface area contributed by atoms with Gasteiger partial charge in [0.25, 0.3) is 0 Å². The Bertz CT molecular complexity index is 719. The van der Waals surface area contributed by atoms with Gasteiger partial charge in [0.2, 0.25) is 0 Å². The Morgan fingerprint density at radius 2 is 2.05 bits per heavy atom. The summed E-state index contributed by atoms with van der Waals surface area (Å²) in [5.41, 5.74) is 2.20. The van der Waals surface area contributed by atoms with Crippen molar-refractivity contribution in [2.45, 2.75) is 13.5 Å². The highest BCUT2D eigenvalue weighted by molar-refractivity contribution is 9.10. The number of para-hydroxylation sites is 1. The van der Waals surface area contributed by atoms with E-state index in [2.05, 4.69) is 42.4 Å². The molecule has 2 aromatic heterocycles. The second-order valence-electron chi connectivity index (χ2n) is 4.56. The van der Waals surface area contributed by atoms with Gasteiger partial charge in [-0.3, -0.25) is 0 Å². The molecule has 0 amide bonds. The zero-order valence-electron chi connectivity index (χ0n) is 11.5. The molecule has 3 rings (SSSR count). The molecule has 3 aromatic rings. The summed E-state index contributed by atoms with van der Waals surface area (Å²) in [6.45, 7) is 2.53. The van der Waals surface area contributed by atoms with Crippen molar-refractivity contribution in [3.05, 3.63) is 64.8 Å². The maximum atomic E-state index is 4.37. The highest BCUT2D eigenvalue weighted by atomic mass is 79.9. The Kier molecular flexibility index (Phi) is 3.96. The summed E-state index contributed by atoms with van der Waals surface area (Å²) in [7, 11) is 0. The van der Waals surface area contributed by atoms with E-state index in [0.29, 0.717) is 6.54 Å². The van der Waals surface area contributed by atoms with E-state index in [0.717, 1.165) is 27.5 Å². The van der Waals surface area contributed by atoms with Crippen molar-refractivity contribution in [1.29, 1.82) is 0 Å². The third-order valence-corrected chi connectivity index (χ3v) is 3.42. The molecule has 1 aromatic carbocycles. The Hall–Kier alpha value is -2.21. The second-order valence-corrected chi connectivity index (χ2v) is 5.37. The fraction of sp³-hybridized carbons (Fsp3) is 0.133. The predicted octanol–water partition coefficient (Wildman–Crippen LogP) is 3.35. The zero-order valence-corrected chi connectivity index (χ0v) is 13.1. The van der Waals surface area contributed by atoms with Gasteiger partial charge in [0.1, 0.15) is 16.2 Å². The average Bonchev–Trinajstić information content (AvgIpc) is 2.98. The minimum Gasteiger partial charge on any atom is -0.366 e. The van der Waals surface area contributed by atoms with Gasteiger partial charge in [-0.15, -0.1) is 0 Å². The largest absolute Gasteiger partial charge is 0.366 e. The molecule has 0 aliphatic carbocycles. The van der Waals surface area contributed by atoms with Crippen molar-refractivity contribution < 1.29 is 0 Å². The Morgan fingerprint density at radius 3 is 2.81 bits per heavy atom. The number of hydrogen-bond donors (Lipinski definition) is 1. The van der Waals surface area contributed by atoms with Crippen molar-refractivity contribution in [3.8, 4) is 5.69 Å². The first-order valence-corrected chi connectivity index (χ1v) is 7.34. The van der Waals surface area contributed by atoms with Gasteiger partial charge in [-0.2, -0.15) is 5.10 Å². The maximum absolute atomic E-state index is 4.37. The lowest BCUT2D eigenvalue weighted by Crippen LogP contribution is -2.07. The average molecular weight is 344 g/mol. The minimum absolute atomic E-state index is 0.666. The topological polar surface area (TPSA) is 55.6 Å². The van der Waals surface area contributed by atoms with E-state index in [1.165, 1.54) is 0 Å². The lowest BCUT2D eigenvalue weighted by atomic mass is 10.2. The van der Waals surface area contributed by atoms with Crippen LogP contribution in [0, 0.1) is 6.92 Å². The van der Waals surface area contributed by atoms with E-state index in [4.69, 9.17) is 0 Å². The Morgan fingerprint density at radius 1 is 1.19 bits per heavy atom. The van der Waals surface area contributed by atoms with Crippen LogP contribution >= 0.6 is 15.9 Å². The zero-order chi connectivity index (χ0) is 14.7. The summed E-state index contributed by atoms with van der Waals surface area (Å²) in [5, 5.41) is 7.61. The molecule has 0 saturated heterocycles. The molecule has 0 radical (unpaired) electrons. The number of aromatic nitrogens is 4. The smallest absolute Gasteiger partial charge is 0.131 e. The van der Waals surface area contributed by atoms with Crippen molar-refractivity contribution in [3.63, 3.8) is 0 Å². The van der Waals surface area contributed by atoms with Crippen molar-refractivity contribution in [2.24, 2.45) is 0 Å². The lowest BCUT2D eigenvalue weighted by molar-refractivity contribution is 0.863. The van der Waals surface area contributed by atoms with Gasteiger partial charge >= 0.3 is 0 Å². The van der Waals surface area contributed by atoms with Crippen LogP contribution in [0.2, 0.25) is 0 Å². The monoisotopic (exact) mass is 343 g/mol. The molecule has 0 aliphatic heterocycles. The molecule has 21 heavy (non-hydrogen) atoms. The minimum atomic E-state index is 0.666. The summed E-state index contributed by atoms with van der Waals surface area (Å²) in [4.78, 5) is 8.57. The van der Waals surface area contributed by atoms with Crippen LogP contribution in [0.1, 0.15) is 11.4 Å². The van der Waals surface area contributed by atoms with Crippen LogP contribution in [-0.2, 0) is 6.54 Å². The van der Waals surface area contributed by atoms with Crippen molar-refractivity contribution in [1.82, 2.24) is 19.7 Å². The second kappa shape index (κ2) is 6.05. The van der Waals surface area contributed by atoms with E-state index in [-0.39, 0.29) is 0 Å². The van der Waals surface area contributed by atoms with E-state index in [1.807, 2.05) is 48.1 Å². The van der Waals surface area contributed by atoms with Crippen LogP contribution in [0.3, 0.4) is 0 Å². The van der Waals surface area contributed by atoms with Gasteiger partial charge in [0.05, 0.1) is 5.69 Å². The first kappa shape index (κ1) is 13.8. The number of rotatable bonds is 4. The van der Waals surface area contributed by atoms with E-state index < -0.39 is 0 Å². The molecule has 0 atom stereocenters. The number of nitrogens with one attached hydrogen (secondary N) is 1. The van der Waals surface area contributed by atoms with E-state index in [9.17, 15) is 0 Å². The molecular weight excluding hydrogens is 330 g/mol. The highest BCUT2D eigenvalue weighted by Crippen LogP contribution is 2.17. The molecule has 0 unspecified atom stereocenters. The number of nitrogens with zero attached hydrogens (tertiary/aromatic N) is 4. The third-order valence-electron chi connectivity index (χ3n) is 3.01. The van der Waals surface area contributed by atoms with Crippen LogP contribution in [0.25, 0.3) is 5.69 Å². The van der Waals surface area contributed by atoms with E-state index in [1.54, 1.807) is 6.20 Å². The van der Waals surface area contributed by atoms with Crippen LogP contribution in [0.5, 0.6) is 0 Å². The van der Waals surface area contributed by atoms with Gasteiger partial charge < -0.3 is 5.32 Å². The van der Waals surface area contributed by atoms with Gasteiger partial charge in [0.15, 0.2) is 0 Å². The van der Waals surface area contributed by atoms with Crippen LogP contribution < -0.4 is 5.32 Å². The quantitative estimate of drug-likeness (QED) is 0.738. The normalized spacial score (nSPS) is 10.6. The lowest BCUT2D eigenvalue weighted by Gasteiger charge is -2.11. The molecule has 0 spiro atoms. The van der Waals surface area contributed by atoms with Crippen molar-refractivity contribution >= 4 is 21.7 Å². The molecule has 1 N–H and O–H groups in total. The summed E-state index contributed by atoms with van der Waals surface area (Å²) in [5.74, 6) is 1.52. The maximum Gasteiger partial charge on any atom is 0.131 e. The Labute approximate surface area is 131 Å². The first-order valence-electron chi connectivity index (χ1n) is 6.55. The standard InChI is InChI=1S/C15H14BrN5/c1-11-19-14(16)9-15(20-11)17-10-12-5-2-3-6-13(12)21-8-4-7-18-21/h2-9H,10H2,1H3,(H,17,19,20). The van der Waals surface area contributed by atoms with Gasteiger partial charge in [-0.05, 0) is 40.5 Å². The number of benzene rings is 1. The van der Waals surface area contributed by atoms with Crippen LogP contribution in [-0.4, -0.2) is 19.7 Å². The number of hydrogen-bond acceptors (Lipinski definition) is 4. The van der Waals surface area contributed by atoms with E-state index >= 15 is 0 Å². The molecular formula is C15H14BrN5. The number of halogens is 1. The van der Waals surface area contributed by atoms with Crippen LogP contribution in [0.15, 0.2) is 53.4 Å². The molecule has 0 aliphatic rings. The fourth-order valence-electron chi connectivity index (χ4n) is 2.10. The molecule has 0 fully saturated rings. The number of aryl methyl sites for hydroxylation is 1. The Balaban J connectivity index is 1.82. The predicted molar refractivity (Wildman–Crippen MR) is 85.4 cm³/mol. The fourth-order valence-corrected chi connectivity index (χ4v) is 2.58. The SMILES string of the molecule is Cc1nc(Br)cc(NCc2ccccc2-n2cccn2)n1. The first-order chi connectivity index (χ1) is 10.2. The highest BCUT2D eigenvalue weighted by Gasteiger charge is 2.05. The summed E-state index contributed by atoms with van der Waals surface area (Å²) in [6, 6.07) is 11.9. The molecule has 2 heterocycles. The van der Waals surface area contributed by atoms with Crippen molar-refractivity contribution in [2.75, 3.05) is 5.32 Å². The molecule has 5 nitrogen and oxygen atoms in total. The molecule has 0 bridgehead atoms. The van der Waals surface area contributed by atoms with Crippen LogP contribution in [0.4, 0.5) is 5.82 Å². The summed E-state index contributed by atoms with van der Waals surface area (Å²) >= 11 is 3.38. The molecule has 6 heteroatoms. The molecule has 0 saturated carbocycles. The summed E-state index contributed by atoms with van der Waals surface area (Å²) in [6.07, 6.45) is 3.71. The summed E-state index contributed by atoms with van der Waals surface area (Å²) < 4.78 is 2.64. The molecule has 106 valence electrons. The van der Waals surface area contributed by atoms with Gasteiger partial charge in [-0.1, -0.05) is 18.2 Å². The van der Waals surface area contributed by atoms with Gasteiger partial charge in [0, 0.05) is 25.0 Å². The van der Waals surface area contributed by atoms with Gasteiger partial charge in [-0.25, -0.2) is 14.6 Å².